The van der Waals surface area contributed by atoms with Gasteiger partial charge in [-0.3, -0.25) is 0 Å². The van der Waals surface area contributed by atoms with Crippen molar-refractivity contribution in [2.45, 2.75) is 32.1 Å². The molecule has 0 spiro atoms. The molecular weight excluding hydrogens is 260 g/mol. The predicted molar refractivity (Wildman–Crippen MR) is 89.7 cm³/mol. The van der Waals surface area contributed by atoms with E-state index in [4.69, 9.17) is 9.84 Å². The largest absolute Gasteiger partial charge is 0.497 e. The van der Waals surface area contributed by atoms with Gasteiger partial charge in [0.05, 0.1) is 13.7 Å². The molecule has 114 valence electrons. The van der Waals surface area contributed by atoms with Crippen LogP contribution in [0.25, 0.3) is 0 Å². The summed E-state index contributed by atoms with van der Waals surface area (Å²) < 4.78 is 5.23. The monoisotopic (exact) mass is 286 g/mol. The highest BCUT2D eigenvalue weighted by Crippen LogP contribution is 2.16. The minimum Gasteiger partial charge on any atom is -0.497 e. The van der Waals surface area contributed by atoms with Crippen LogP contribution in [0, 0.1) is 0 Å². The molecule has 1 aromatic rings. The molecule has 0 aliphatic heterocycles. The lowest BCUT2D eigenvalue weighted by atomic mass is 10.0. The molecule has 0 aliphatic rings. The molecule has 2 nitrogen and oxygen atoms in total. The summed E-state index contributed by atoms with van der Waals surface area (Å²) in [5.41, 5.74) is 3.45. The van der Waals surface area contributed by atoms with Gasteiger partial charge in [-0.05, 0) is 49.8 Å². The Hall–Kier alpha value is -1.80. The number of benzene rings is 1. The fraction of sp³-hybridized carbons (Fsp3) is 0.368. The molecule has 1 rings (SSSR count). The van der Waals surface area contributed by atoms with Gasteiger partial charge in [0, 0.05) is 0 Å². The van der Waals surface area contributed by atoms with Gasteiger partial charge in [-0.15, -0.1) is 0 Å². The Morgan fingerprint density at radius 1 is 1.33 bits per heavy atom. The first kappa shape index (κ1) is 17.3. The Labute approximate surface area is 128 Å². The predicted octanol–water partition coefficient (Wildman–Crippen LogP) is 4.46. The number of allylic oxidation sites excluding steroid dienone is 3. The van der Waals surface area contributed by atoms with E-state index in [1.165, 1.54) is 11.1 Å². The summed E-state index contributed by atoms with van der Waals surface area (Å²) >= 11 is 0. The van der Waals surface area contributed by atoms with Gasteiger partial charge in [-0.1, -0.05) is 48.6 Å². The van der Waals surface area contributed by atoms with E-state index in [1.54, 1.807) is 7.11 Å². The summed E-state index contributed by atoms with van der Waals surface area (Å²) in [5.74, 6) is 0.905. The van der Waals surface area contributed by atoms with E-state index in [-0.39, 0.29) is 6.61 Å². The van der Waals surface area contributed by atoms with E-state index >= 15 is 0 Å². The normalized spacial score (nSPS) is 11.2. The molecule has 0 heterocycles. The van der Waals surface area contributed by atoms with Crippen molar-refractivity contribution in [2.75, 3.05) is 13.7 Å². The Balaban J connectivity index is 2.41. The number of aliphatic hydroxyl groups excluding tert-OH is 1. The Morgan fingerprint density at radius 2 is 2.14 bits per heavy atom. The molecule has 0 bridgehead atoms. The molecule has 0 saturated carbocycles. The lowest BCUT2D eigenvalue weighted by Gasteiger charge is -2.05. The number of ether oxygens (including phenoxy) is 1. The van der Waals surface area contributed by atoms with Crippen molar-refractivity contribution in [3.05, 3.63) is 66.3 Å². The Morgan fingerprint density at radius 3 is 2.81 bits per heavy atom. The lowest BCUT2D eigenvalue weighted by molar-refractivity contribution is 0.326. The van der Waals surface area contributed by atoms with Crippen LogP contribution in [0.3, 0.4) is 0 Å². The SMILES string of the molecule is C=C/C(=C\CCc1cccc(OC)c1)CCCC(=C)CO. The van der Waals surface area contributed by atoms with Crippen LogP contribution >= 0.6 is 0 Å². The first-order valence-electron chi connectivity index (χ1n) is 7.41. The quantitative estimate of drug-likeness (QED) is 0.508. The van der Waals surface area contributed by atoms with E-state index in [0.717, 1.165) is 43.4 Å². The van der Waals surface area contributed by atoms with Crippen molar-refractivity contribution < 1.29 is 9.84 Å². The number of methoxy groups -OCH3 is 1. The molecule has 0 atom stereocenters. The highest BCUT2D eigenvalue weighted by molar-refractivity contribution is 5.29. The molecule has 0 unspecified atom stereocenters. The van der Waals surface area contributed by atoms with E-state index in [9.17, 15) is 0 Å². The number of rotatable bonds is 10. The first-order valence-corrected chi connectivity index (χ1v) is 7.41. The fourth-order valence-corrected chi connectivity index (χ4v) is 2.16. The number of hydrogen-bond donors (Lipinski definition) is 1. The van der Waals surface area contributed by atoms with Gasteiger partial charge in [0.15, 0.2) is 0 Å². The van der Waals surface area contributed by atoms with Crippen molar-refractivity contribution in [1.82, 2.24) is 0 Å². The highest BCUT2D eigenvalue weighted by atomic mass is 16.5. The third kappa shape index (κ3) is 6.96. The maximum atomic E-state index is 8.92. The molecule has 0 saturated heterocycles. The van der Waals surface area contributed by atoms with Crippen molar-refractivity contribution in [2.24, 2.45) is 0 Å². The Bertz CT molecular complexity index is 486. The second-order valence-corrected chi connectivity index (χ2v) is 5.14. The molecule has 1 N–H and O–H groups in total. The average molecular weight is 286 g/mol. The third-order valence-corrected chi connectivity index (χ3v) is 3.46. The van der Waals surface area contributed by atoms with Gasteiger partial charge >= 0.3 is 0 Å². The van der Waals surface area contributed by atoms with Crippen LogP contribution < -0.4 is 4.74 Å². The highest BCUT2D eigenvalue weighted by Gasteiger charge is 1.98. The summed E-state index contributed by atoms with van der Waals surface area (Å²) in [6, 6.07) is 8.18. The maximum Gasteiger partial charge on any atom is 0.119 e. The van der Waals surface area contributed by atoms with E-state index in [1.807, 2.05) is 18.2 Å². The van der Waals surface area contributed by atoms with Gasteiger partial charge in [-0.25, -0.2) is 0 Å². The summed E-state index contributed by atoms with van der Waals surface area (Å²) in [7, 11) is 1.69. The van der Waals surface area contributed by atoms with E-state index < -0.39 is 0 Å². The molecule has 0 aliphatic carbocycles. The zero-order chi connectivity index (χ0) is 15.5. The second-order valence-electron chi connectivity index (χ2n) is 5.14. The summed E-state index contributed by atoms with van der Waals surface area (Å²) in [5, 5.41) is 8.92. The Kier molecular flexibility index (Phi) is 8.22. The zero-order valence-electron chi connectivity index (χ0n) is 13.0. The van der Waals surface area contributed by atoms with Gasteiger partial charge in [0.2, 0.25) is 0 Å². The standard InChI is InChI=1S/C19H26O2/c1-4-17(9-5-8-16(2)15-20)10-6-11-18-12-7-13-19(14-18)21-3/h4,7,10,12-14,20H,1-2,5-6,8-9,11,15H2,3H3/b17-10+. The molecule has 1 aromatic carbocycles. The number of hydrogen-bond acceptors (Lipinski definition) is 2. The van der Waals surface area contributed by atoms with Crippen LogP contribution in [0.1, 0.15) is 31.2 Å². The van der Waals surface area contributed by atoms with E-state index in [2.05, 4.69) is 31.4 Å². The smallest absolute Gasteiger partial charge is 0.119 e. The number of aryl methyl sites for hydroxylation is 1. The molecule has 2 heteroatoms. The van der Waals surface area contributed by atoms with Crippen LogP contribution in [-0.4, -0.2) is 18.8 Å². The van der Waals surface area contributed by atoms with Gasteiger partial charge in [-0.2, -0.15) is 0 Å². The molecule has 0 fully saturated rings. The summed E-state index contributed by atoms with van der Waals surface area (Å²) in [4.78, 5) is 0. The average Bonchev–Trinajstić information content (AvgIpc) is 2.53. The van der Waals surface area contributed by atoms with Gasteiger partial charge in [0.1, 0.15) is 5.75 Å². The van der Waals surface area contributed by atoms with Gasteiger partial charge < -0.3 is 9.84 Å². The summed E-state index contributed by atoms with van der Waals surface area (Å²) in [6.45, 7) is 7.77. The fourth-order valence-electron chi connectivity index (χ4n) is 2.16. The van der Waals surface area contributed by atoms with Gasteiger partial charge in [0.25, 0.3) is 0 Å². The van der Waals surface area contributed by atoms with Crippen molar-refractivity contribution >= 4 is 0 Å². The van der Waals surface area contributed by atoms with Crippen LogP contribution in [0.2, 0.25) is 0 Å². The van der Waals surface area contributed by atoms with Crippen LogP contribution in [0.4, 0.5) is 0 Å². The van der Waals surface area contributed by atoms with Crippen LogP contribution in [-0.2, 0) is 6.42 Å². The van der Waals surface area contributed by atoms with Crippen LogP contribution in [0.5, 0.6) is 5.75 Å². The minimum atomic E-state index is 0.0863. The number of aliphatic hydroxyl groups is 1. The molecule has 0 radical (unpaired) electrons. The zero-order valence-corrected chi connectivity index (χ0v) is 13.0. The summed E-state index contributed by atoms with van der Waals surface area (Å²) in [6.07, 6.45) is 9.03. The van der Waals surface area contributed by atoms with E-state index in [0.29, 0.717) is 0 Å². The van der Waals surface area contributed by atoms with Crippen molar-refractivity contribution in [1.29, 1.82) is 0 Å². The van der Waals surface area contributed by atoms with Crippen molar-refractivity contribution in [3.63, 3.8) is 0 Å². The molecule has 21 heavy (non-hydrogen) atoms. The van der Waals surface area contributed by atoms with Crippen molar-refractivity contribution in [3.8, 4) is 5.75 Å². The molecular formula is C19H26O2. The molecule has 0 amide bonds. The van der Waals surface area contributed by atoms with Crippen LogP contribution in [0.15, 0.2) is 60.7 Å². The topological polar surface area (TPSA) is 29.5 Å². The minimum absolute atomic E-state index is 0.0863. The first-order chi connectivity index (χ1) is 10.2. The second kappa shape index (κ2) is 10.0. The molecule has 0 aromatic heterocycles. The maximum absolute atomic E-state index is 8.92. The lowest BCUT2D eigenvalue weighted by Crippen LogP contribution is -1.90. The third-order valence-electron chi connectivity index (χ3n) is 3.46.